The van der Waals surface area contributed by atoms with Crippen LogP contribution in [0.15, 0.2) is 0 Å². The molecule has 1 heterocycles. The standard InChI is InChI=1S/C9H17F3N2O/c10-9(11,12)14-4-1-2-8(6-14)7-15-5-3-13/h8H,1-7,13H2. The Morgan fingerprint density at radius 3 is 2.73 bits per heavy atom. The highest BCUT2D eigenvalue weighted by atomic mass is 19.4. The first-order valence-electron chi connectivity index (χ1n) is 5.13. The highest BCUT2D eigenvalue weighted by Gasteiger charge is 2.39. The van der Waals surface area contributed by atoms with E-state index in [1.165, 1.54) is 0 Å². The second-order valence-corrected chi connectivity index (χ2v) is 3.79. The van der Waals surface area contributed by atoms with Crippen molar-refractivity contribution in [1.82, 2.24) is 4.90 Å². The summed E-state index contributed by atoms with van der Waals surface area (Å²) in [5.41, 5.74) is 5.23. The van der Waals surface area contributed by atoms with Gasteiger partial charge in [0.15, 0.2) is 0 Å². The van der Waals surface area contributed by atoms with Crippen molar-refractivity contribution >= 4 is 0 Å². The summed E-state index contributed by atoms with van der Waals surface area (Å²) in [5, 5.41) is 0. The lowest BCUT2D eigenvalue weighted by atomic mass is 9.99. The van der Waals surface area contributed by atoms with Gasteiger partial charge in [-0.2, -0.15) is 13.2 Å². The summed E-state index contributed by atoms with van der Waals surface area (Å²) in [6.45, 7) is 1.37. The van der Waals surface area contributed by atoms with E-state index < -0.39 is 6.30 Å². The van der Waals surface area contributed by atoms with E-state index in [2.05, 4.69) is 0 Å². The van der Waals surface area contributed by atoms with E-state index in [1.807, 2.05) is 0 Å². The number of alkyl halides is 3. The zero-order valence-corrected chi connectivity index (χ0v) is 8.59. The molecule has 0 aromatic heterocycles. The third-order valence-electron chi connectivity index (χ3n) is 2.49. The van der Waals surface area contributed by atoms with Crippen LogP contribution in [0, 0.1) is 5.92 Å². The first-order valence-corrected chi connectivity index (χ1v) is 5.13. The number of nitrogens with zero attached hydrogens (tertiary/aromatic N) is 1. The number of hydrogen-bond acceptors (Lipinski definition) is 3. The number of rotatable bonds is 4. The number of hydrogen-bond donors (Lipinski definition) is 1. The maximum absolute atomic E-state index is 12.4. The molecule has 2 N–H and O–H groups in total. The van der Waals surface area contributed by atoms with Crippen LogP contribution in [-0.4, -0.2) is 44.0 Å². The molecule has 90 valence electrons. The van der Waals surface area contributed by atoms with Gasteiger partial charge in [0, 0.05) is 19.6 Å². The van der Waals surface area contributed by atoms with Crippen LogP contribution in [0.1, 0.15) is 12.8 Å². The zero-order valence-electron chi connectivity index (χ0n) is 8.59. The molecular formula is C9H17F3N2O. The number of piperidine rings is 1. The molecule has 1 aliphatic heterocycles. The fraction of sp³-hybridized carbons (Fsp3) is 1.00. The predicted molar refractivity (Wildman–Crippen MR) is 50.2 cm³/mol. The second-order valence-electron chi connectivity index (χ2n) is 3.79. The van der Waals surface area contributed by atoms with Crippen LogP contribution >= 0.6 is 0 Å². The van der Waals surface area contributed by atoms with Gasteiger partial charge in [-0.25, -0.2) is 4.90 Å². The highest BCUT2D eigenvalue weighted by molar-refractivity contribution is 4.74. The van der Waals surface area contributed by atoms with E-state index in [9.17, 15) is 13.2 Å². The number of ether oxygens (including phenoxy) is 1. The Morgan fingerprint density at radius 2 is 2.13 bits per heavy atom. The lowest BCUT2D eigenvalue weighted by Gasteiger charge is -2.33. The van der Waals surface area contributed by atoms with Crippen LogP contribution in [-0.2, 0) is 4.74 Å². The van der Waals surface area contributed by atoms with Gasteiger partial charge in [-0.3, -0.25) is 0 Å². The van der Waals surface area contributed by atoms with Crippen molar-refractivity contribution in [3.8, 4) is 0 Å². The molecule has 0 radical (unpaired) electrons. The van der Waals surface area contributed by atoms with Gasteiger partial charge in [0.1, 0.15) is 0 Å². The van der Waals surface area contributed by atoms with E-state index in [0.29, 0.717) is 31.1 Å². The summed E-state index contributed by atoms with van der Waals surface area (Å²) in [5.74, 6) is -0.0214. The van der Waals surface area contributed by atoms with Crippen LogP contribution in [0.2, 0.25) is 0 Å². The molecule has 3 nitrogen and oxygen atoms in total. The maximum Gasteiger partial charge on any atom is 0.459 e. The van der Waals surface area contributed by atoms with Crippen molar-refractivity contribution in [2.24, 2.45) is 11.7 Å². The molecule has 15 heavy (non-hydrogen) atoms. The molecule has 1 atom stereocenters. The molecule has 1 unspecified atom stereocenters. The summed E-state index contributed by atoms with van der Waals surface area (Å²) >= 11 is 0. The van der Waals surface area contributed by atoms with Gasteiger partial charge in [-0.1, -0.05) is 0 Å². The van der Waals surface area contributed by atoms with Crippen molar-refractivity contribution in [3.63, 3.8) is 0 Å². The smallest absolute Gasteiger partial charge is 0.380 e. The number of nitrogens with two attached hydrogens (primary N) is 1. The van der Waals surface area contributed by atoms with Crippen LogP contribution in [0.3, 0.4) is 0 Å². The summed E-state index contributed by atoms with van der Waals surface area (Å²) in [7, 11) is 0. The fourth-order valence-electron chi connectivity index (χ4n) is 1.76. The average Bonchev–Trinajstić information content (AvgIpc) is 2.17. The predicted octanol–water partition coefficient (Wildman–Crippen LogP) is 1.19. The molecule has 0 amide bonds. The Morgan fingerprint density at radius 1 is 1.40 bits per heavy atom. The molecule has 0 bridgehead atoms. The normalized spacial score (nSPS) is 24.4. The van der Waals surface area contributed by atoms with Crippen molar-refractivity contribution in [1.29, 1.82) is 0 Å². The topological polar surface area (TPSA) is 38.5 Å². The molecule has 1 saturated heterocycles. The van der Waals surface area contributed by atoms with Gasteiger partial charge in [0.05, 0.1) is 13.2 Å². The van der Waals surface area contributed by atoms with E-state index in [4.69, 9.17) is 10.5 Å². The first kappa shape index (κ1) is 12.7. The summed E-state index contributed by atoms with van der Waals surface area (Å²) < 4.78 is 42.3. The van der Waals surface area contributed by atoms with E-state index in [-0.39, 0.29) is 19.0 Å². The largest absolute Gasteiger partial charge is 0.459 e. The molecule has 0 aliphatic carbocycles. The summed E-state index contributed by atoms with van der Waals surface area (Å²) in [6, 6.07) is 0. The molecule has 1 fully saturated rings. The average molecular weight is 226 g/mol. The van der Waals surface area contributed by atoms with Crippen molar-refractivity contribution in [3.05, 3.63) is 0 Å². The van der Waals surface area contributed by atoms with Gasteiger partial charge in [-0.15, -0.1) is 0 Å². The minimum atomic E-state index is -4.20. The van der Waals surface area contributed by atoms with Crippen molar-refractivity contribution < 1.29 is 17.9 Å². The SMILES string of the molecule is NCCOCC1CCCN(C(F)(F)F)C1. The molecule has 1 rings (SSSR count). The Hall–Kier alpha value is -0.330. The number of likely N-dealkylation sites (tertiary alicyclic amines) is 1. The minimum absolute atomic E-state index is 0.0214. The lowest BCUT2D eigenvalue weighted by molar-refractivity contribution is -0.254. The van der Waals surface area contributed by atoms with Crippen molar-refractivity contribution in [2.45, 2.75) is 19.1 Å². The number of halogens is 3. The zero-order chi connectivity index (χ0) is 11.3. The molecular weight excluding hydrogens is 209 g/mol. The Labute approximate surface area is 87.4 Å². The quantitative estimate of drug-likeness (QED) is 0.578. The van der Waals surface area contributed by atoms with Gasteiger partial charge in [0.25, 0.3) is 0 Å². The Balaban J connectivity index is 2.29. The third-order valence-corrected chi connectivity index (χ3v) is 2.49. The lowest BCUT2D eigenvalue weighted by Crippen LogP contribution is -2.45. The van der Waals surface area contributed by atoms with Crippen molar-refractivity contribution in [2.75, 3.05) is 32.8 Å². The first-order chi connectivity index (χ1) is 7.04. The minimum Gasteiger partial charge on any atom is -0.380 e. The van der Waals surface area contributed by atoms with E-state index in [0.717, 1.165) is 6.42 Å². The molecule has 1 aliphatic rings. The van der Waals surface area contributed by atoms with Gasteiger partial charge >= 0.3 is 6.30 Å². The van der Waals surface area contributed by atoms with Crippen LogP contribution in [0.25, 0.3) is 0 Å². The molecule has 0 aromatic carbocycles. The molecule has 0 aromatic rings. The Bertz CT molecular complexity index is 187. The van der Waals surface area contributed by atoms with Gasteiger partial charge in [0.2, 0.25) is 0 Å². The summed E-state index contributed by atoms with van der Waals surface area (Å²) in [4.78, 5) is 0.562. The Kier molecular flexibility index (Phi) is 4.82. The van der Waals surface area contributed by atoms with Gasteiger partial charge in [-0.05, 0) is 18.8 Å². The third kappa shape index (κ3) is 4.36. The van der Waals surface area contributed by atoms with E-state index >= 15 is 0 Å². The fourth-order valence-corrected chi connectivity index (χ4v) is 1.76. The molecule has 0 saturated carbocycles. The molecule has 6 heteroatoms. The van der Waals surface area contributed by atoms with Crippen LogP contribution < -0.4 is 5.73 Å². The second kappa shape index (κ2) is 5.67. The van der Waals surface area contributed by atoms with Crippen LogP contribution in [0.4, 0.5) is 13.2 Å². The van der Waals surface area contributed by atoms with Crippen LogP contribution in [0.5, 0.6) is 0 Å². The monoisotopic (exact) mass is 226 g/mol. The molecule has 0 spiro atoms. The van der Waals surface area contributed by atoms with Gasteiger partial charge < -0.3 is 10.5 Å². The highest BCUT2D eigenvalue weighted by Crippen LogP contribution is 2.27. The maximum atomic E-state index is 12.4. The van der Waals surface area contributed by atoms with E-state index in [1.54, 1.807) is 0 Å². The summed E-state index contributed by atoms with van der Waals surface area (Å²) in [6.07, 6.45) is -2.82.